The molecule has 1 aromatic carbocycles. The number of carbonyl (C=O) groups is 3. The van der Waals surface area contributed by atoms with Crippen molar-refractivity contribution in [3.63, 3.8) is 0 Å². The minimum Gasteiger partial charge on any atom is -0.461 e. The minimum absolute atomic E-state index is 0.0857. The molecule has 0 aliphatic rings. The van der Waals surface area contributed by atoms with E-state index in [1.165, 1.54) is 12.1 Å². The van der Waals surface area contributed by atoms with Gasteiger partial charge >= 0.3 is 11.9 Å². The molecule has 0 saturated heterocycles. The molecule has 0 radical (unpaired) electrons. The summed E-state index contributed by atoms with van der Waals surface area (Å²) in [7, 11) is 0. The van der Waals surface area contributed by atoms with Crippen molar-refractivity contribution in [3.8, 4) is 0 Å². The van der Waals surface area contributed by atoms with Crippen molar-refractivity contribution in [1.82, 2.24) is 9.78 Å². The maximum absolute atomic E-state index is 14.4. The number of Topliss-reactive ketones (excluding diaryl/α,β-unsaturated/α-hetero) is 1. The quantitative estimate of drug-likeness (QED) is 0.545. The highest BCUT2D eigenvalue weighted by molar-refractivity contribution is 5.98. The van der Waals surface area contributed by atoms with E-state index in [1.54, 1.807) is 33.8 Å². The van der Waals surface area contributed by atoms with E-state index in [4.69, 9.17) is 9.47 Å². The molecule has 0 aliphatic carbocycles. The van der Waals surface area contributed by atoms with Crippen LogP contribution in [0.15, 0.2) is 18.2 Å². The number of ketones is 1. The standard InChI is InChI=1S/C19H21FN2O5/c1-5-26-18(24)14-9-15(19(25)27-6-2)22(21-14)10-16(23)13-8-7-11(3)12(4)17(13)20/h7-9H,5-6,10H2,1-4H3. The van der Waals surface area contributed by atoms with Crippen molar-refractivity contribution < 1.29 is 28.2 Å². The van der Waals surface area contributed by atoms with Gasteiger partial charge in [0.2, 0.25) is 0 Å². The molecule has 0 unspecified atom stereocenters. The lowest BCUT2D eigenvalue weighted by Crippen LogP contribution is -2.19. The Morgan fingerprint density at radius 1 is 1.07 bits per heavy atom. The van der Waals surface area contributed by atoms with Crippen LogP contribution < -0.4 is 0 Å². The molecule has 1 aromatic heterocycles. The first-order valence-corrected chi connectivity index (χ1v) is 8.51. The van der Waals surface area contributed by atoms with Gasteiger partial charge in [-0.3, -0.25) is 4.79 Å². The van der Waals surface area contributed by atoms with Crippen LogP contribution in [0.3, 0.4) is 0 Å². The van der Waals surface area contributed by atoms with E-state index in [1.807, 2.05) is 0 Å². The maximum Gasteiger partial charge on any atom is 0.358 e. The van der Waals surface area contributed by atoms with Gasteiger partial charge in [-0.05, 0) is 44.9 Å². The predicted molar refractivity (Wildman–Crippen MR) is 94.3 cm³/mol. The Morgan fingerprint density at radius 2 is 1.70 bits per heavy atom. The van der Waals surface area contributed by atoms with Gasteiger partial charge in [-0.1, -0.05) is 6.07 Å². The van der Waals surface area contributed by atoms with Crippen molar-refractivity contribution in [2.24, 2.45) is 0 Å². The first-order valence-electron chi connectivity index (χ1n) is 8.51. The van der Waals surface area contributed by atoms with E-state index < -0.39 is 30.1 Å². The lowest BCUT2D eigenvalue weighted by molar-refractivity contribution is 0.0505. The van der Waals surface area contributed by atoms with Gasteiger partial charge in [-0.2, -0.15) is 5.10 Å². The van der Waals surface area contributed by atoms with Gasteiger partial charge in [0.1, 0.15) is 18.1 Å². The zero-order chi connectivity index (χ0) is 20.1. The van der Waals surface area contributed by atoms with Crippen LogP contribution in [0.1, 0.15) is 56.3 Å². The second-order valence-corrected chi connectivity index (χ2v) is 5.81. The second kappa shape index (κ2) is 8.57. The Morgan fingerprint density at radius 3 is 2.33 bits per heavy atom. The number of rotatable bonds is 7. The number of benzene rings is 1. The smallest absolute Gasteiger partial charge is 0.358 e. The minimum atomic E-state index is -0.742. The van der Waals surface area contributed by atoms with Gasteiger partial charge in [0.25, 0.3) is 0 Å². The number of aromatic nitrogens is 2. The monoisotopic (exact) mass is 376 g/mol. The zero-order valence-electron chi connectivity index (χ0n) is 15.7. The highest BCUT2D eigenvalue weighted by atomic mass is 19.1. The normalized spacial score (nSPS) is 10.6. The van der Waals surface area contributed by atoms with Gasteiger partial charge in [-0.15, -0.1) is 0 Å². The van der Waals surface area contributed by atoms with Crippen molar-refractivity contribution in [1.29, 1.82) is 0 Å². The van der Waals surface area contributed by atoms with Crippen molar-refractivity contribution >= 4 is 17.7 Å². The van der Waals surface area contributed by atoms with Gasteiger partial charge in [0.15, 0.2) is 11.5 Å². The molecule has 1 heterocycles. The Kier molecular flexibility index (Phi) is 6.44. The number of aryl methyl sites for hydroxylation is 1. The molecule has 27 heavy (non-hydrogen) atoms. The summed E-state index contributed by atoms with van der Waals surface area (Å²) in [6, 6.07) is 4.23. The van der Waals surface area contributed by atoms with Crippen LogP contribution in [0.25, 0.3) is 0 Å². The molecule has 0 aliphatic heterocycles. The SMILES string of the molecule is CCOC(=O)c1cc(C(=O)OCC)n(CC(=O)c2ccc(C)c(C)c2F)n1. The molecule has 0 saturated carbocycles. The third-order valence-electron chi connectivity index (χ3n) is 4.00. The zero-order valence-corrected chi connectivity index (χ0v) is 15.7. The van der Waals surface area contributed by atoms with E-state index in [2.05, 4.69) is 5.10 Å². The largest absolute Gasteiger partial charge is 0.461 e. The lowest BCUT2D eigenvalue weighted by atomic mass is 10.0. The number of esters is 2. The van der Waals surface area contributed by atoms with Crippen LogP contribution in [0, 0.1) is 19.7 Å². The molecule has 0 bridgehead atoms. The molecule has 0 amide bonds. The molecule has 7 nitrogen and oxygen atoms in total. The number of hydrogen-bond acceptors (Lipinski definition) is 6. The maximum atomic E-state index is 14.4. The van der Waals surface area contributed by atoms with E-state index in [0.29, 0.717) is 5.56 Å². The van der Waals surface area contributed by atoms with Crippen molar-refractivity contribution in [3.05, 3.63) is 52.1 Å². The van der Waals surface area contributed by atoms with Crippen LogP contribution in [0.4, 0.5) is 4.39 Å². The van der Waals surface area contributed by atoms with E-state index in [0.717, 1.165) is 10.2 Å². The number of carbonyl (C=O) groups excluding carboxylic acids is 3. The predicted octanol–water partition coefficient (Wildman–Crippen LogP) is 2.88. The van der Waals surface area contributed by atoms with Gasteiger partial charge in [-0.25, -0.2) is 18.7 Å². The van der Waals surface area contributed by atoms with E-state index in [-0.39, 0.29) is 30.2 Å². The molecule has 2 rings (SSSR count). The number of halogens is 1. The van der Waals surface area contributed by atoms with Crippen LogP contribution in [0.2, 0.25) is 0 Å². The Bertz CT molecular complexity index is 888. The van der Waals surface area contributed by atoms with Gasteiger partial charge < -0.3 is 9.47 Å². The average Bonchev–Trinajstić information content (AvgIpc) is 3.04. The summed E-state index contributed by atoms with van der Waals surface area (Å²) in [4.78, 5) is 36.6. The summed E-state index contributed by atoms with van der Waals surface area (Å²) >= 11 is 0. The highest BCUT2D eigenvalue weighted by Crippen LogP contribution is 2.18. The molecular formula is C19H21FN2O5. The van der Waals surface area contributed by atoms with Crippen LogP contribution in [-0.4, -0.2) is 40.7 Å². The summed E-state index contributed by atoms with van der Waals surface area (Å²) in [5.41, 5.74) is 0.769. The van der Waals surface area contributed by atoms with Crippen LogP contribution >= 0.6 is 0 Å². The summed E-state index contributed by atoms with van der Waals surface area (Å²) in [6.45, 7) is 6.40. The molecule has 8 heteroatoms. The molecule has 0 fully saturated rings. The van der Waals surface area contributed by atoms with Crippen molar-refractivity contribution in [2.45, 2.75) is 34.2 Å². The summed E-state index contributed by atoms with van der Waals surface area (Å²) in [5, 5.41) is 3.97. The lowest BCUT2D eigenvalue weighted by Gasteiger charge is -2.09. The molecule has 144 valence electrons. The highest BCUT2D eigenvalue weighted by Gasteiger charge is 2.24. The Hall–Kier alpha value is -3.03. The summed E-state index contributed by atoms with van der Waals surface area (Å²) < 4.78 is 25.2. The van der Waals surface area contributed by atoms with E-state index >= 15 is 0 Å². The van der Waals surface area contributed by atoms with Crippen molar-refractivity contribution in [2.75, 3.05) is 13.2 Å². The topological polar surface area (TPSA) is 87.5 Å². The number of nitrogens with zero attached hydrogens (tertiary/aromatic N) is 2. The average molecular weight is 376 g/mol. The fourth-order valence-corrected chi connectivity index (χ4v) is 2.43. The molecule has 0 spiro atoms. The third-order valence-corrected chi connectivity index (χ3v) is 4.00. The number of hydrogen-bond donors (Lipinski definition) is 0. The molecule has 0 N–H and O–H groups in total. The first kappa shape index (κ1) is 20.3. The molecule has 0 atom stereocenters. The van der Waals surface area contributed by atoms with Gasteiger partial charge in [0, 0.05) is 6.07 Å². The van der Waals surface area contributed by atoms with Crippen LogP contribution in [0.5, 0.6) is 0 Å². The molecular weight excluding hydrogens is 355 g/mol. The van der Waals surface area contributed by atoms with E-state index in [9.17, 15) is 18.8 Å². The fraction of sp³-hybridized carbons (Fsp3) is 0.368. The fourth-order valence-electron chi connectivity index (χ4n) is 2.43. The Balaban J connectivity index is 2.38. The second-order valence-electron chi connectivity index (χ2n) is 5.81. The Labute approximate surface area is 156 Å². The first-order chi connectivity index (χ1) is 12.8. The third kappa shape index (κ3) is 4.39. The summed E-state index contributed by atoms with van der Waals surface area (Å²) in [5.74, 6) is -2.67. The summed E-state index contributed by atoms with van der Waals surface area (Å²) in [6.07, 6.45) is 0. The van der Waals surface area contributed by atoms with Gasteiger partial charge in [0.05, 0.1) is 18.8 Å². The number of ether oxygens (including phenoxy) is 2. The van der Waals surface area contributed by atoms with Crippen LogP contribution in [-0.2, 0) is 16.0 Å². The molecule has 2 aromatic rings.